The van der Waals surface area contributed by atoms with Crippen LogP contribution in [-0.2, 0) is 5.88 Å². The molecule has 0 amide bonds. The highest BCUT2D eigenvalue weighted by atomic mass is 35.5. The van der Waals surface area contributed by atoms with Gasteiger partial charge in [-0.2, -0.15) is 0 Å². The fraction of sp³-hybridized carbons (Fsp3) is 0.154. The number of rotatable bonds is 3. The second-order valence-electron chi connectivity index (χ2n) is 3.55. The molecular weight excluding hydrogens is 222 g/mol. The van der Waals surface area contributed by atoms with Gasteiger partial charge in [-0.3, -0.25) is 0 Å². The number of oxazole rings is 1. The lowest BCUT2D eigenvalue weighted by Gasteiger charge is -1.93. The Morgan fingerprint density at radius 2 is 2.00 bits per heavy atom. The Hall–Kier alpha value is -1.54. The van der Waals surface area contributed by atoms with Gasteiger partial charge in [0.15, 0.2) is 0 Å². The molecule has 0 fully saturated rings. The highest BCUT2D eigenvalue weighted by Gasteiger charge is 1.98. The topological polar surface area (TPSA) is 26.0 Å². The van der Waals surface area contributed by atoms with E-state index in [2.05, 4.69) is 36.2 Å². The van der Waals surface area contributed by atoms with Gasteiger partial charge < -0.3 is 4.42 Å². The monoisotopic (exact) mass is 233 g/mol. The average Bonchev–Trinajstić information content (AvgIpc) is 2.76. The van der Waals surface area contributed by atoms with Gasteiger partial charge in [0.2, 0.25) is 5.89 Å². The van der Waals surface area contributed by atoms with E-state index in [1.54, 1.807) is 6.26 Å². The van der Waals surface area contributed by atoms with Gasteiger partial charge in [0, 0.05) is 6.08 Å². The molecule has 0 saturated carbocycles. The van der Waals surface area contributed by atoms with E-state index in [1.807, 2.05) is 12.2 Å². The molecule has 3 heteroatoms. The summed E-state index contributed by atoms with van der Waals surface area (Å²) in [5.74, 6) is 0.957. The molecule has 2 nitrogen and oxygen atoms in total. The van der Waals surface area contributed by atoms with Crippen LogP contribution < -0.4 is 0 Å². The third-order valence-electron chi connectivity index (χ3n) is 2.20. The molecule has 2 rings (SSSR count). The van der Waals surface area contributed by atoms with E-state index in [9.17, 15) is 0 Å². The summed E-state index contributed by atoms with van der Waals surface area (Å²) < 4.78 is 5.22. The first kappa shape index (κ1) is 11.0. The number of alkyl halides is 1. The zero-order valence-corrected chi connectivity index (χ0v) is 9.74. The third-order valence-corrected chi connectivity index (χ3v) is 2.48. The van der Waals surface area contributed by atoms with Crippen molar-refractivity contribution < 1.29 is 4.42 Å². The lowest BCUT2D eigenvalue weighted by Crippen LogP contribution is -1.77. The summed E-state index contributed by atoms with van der Waals surface area (Å²) in [6, 6.07) is 8.24. The quantitative estimate of drug-likeness (QED) is 0.752. The summed E-state index contributed by atoms with van der Waals surface area (Å²) in [6.07, 6.45) is 5.37. The Kier molecular flexibility index (Phi) is 3.42. The Balaban J connectivity index is 2.11. The van der Waals surface area contributed by atoms with E-state index < -0.39 is 0 Å². The third kappa shape index (κ3) is 2.74. The summed E-state index contributed by atoms with van der Waals surface area (Å²) in [5.41, 5.74) is 3.12. The van der Waals surface area contributed by atoms with Crippen LogP contribution >= 0.6 is 11.6 Å². The highest BCUT2D eigenvalue weighted by molar-refractivity contribution is 6.16. The van der Waals surface area contributed by atoms with Crippen molar-refractivity contribution in [3.8, 4) is 0 Å². The maximum atomic E-state index is 5.63. The van der Waals surface area contributed by atoms with Gasteiger partial charge in [0.1, 0.15) is 6.26 Å². The predicted octanol–water partition coefficient (Wildman–Crippen LogP) is 3.89. The van der Waals surface area contributed by atoms with Crippen molar-refractivity contribution in [2.45, 2.75) is 12.8 Å². The van der Waals surface area contributed by atoms with Crippen LogP contribution in [0.2, 0.25) is 0 Å². The summed E-state index contributed by atoms with van der Waals surface area (Å²) >= 11 is 5.63. The average molecular weight is 234 g/mol. The van der Waals surface area contributed by atoms with Crippen molar-refractivity contribution in [3.63, 3.8) is 0 Å². The zero-order valence-electron chi connectivity index (χ0n) is 8.98. The van der Waals surface area contributed by atoms with Crippen molar-refractivity contribution >= 4 is 23.8 Å². The van der Waals surface area contributed by atoms with Gasteiger partial charge in [-0.1, -0.05) is 29.8 Å². The molecule has 0 aliphatic rings. The molecule has 0 radical (unpaired) electrons. The lowest BCUT2D eigenvalue weighted by atomic mass is 10.1. The molecule has 1 heterocycles. The molecule has 1 aromatic carbocycles. The minimum atomic E-state index is 0.377. The summed E-state index contributed by atoms with van der Waals surface area (Å²) in [4.78, 5) is 4.18. The van der Waals surface area contributed by atoms with E-state index in [0.29, 0.717) is 11.8 Å². The Bertz CT molecular complexity index is 485. The number of hydrogen-bond donors (Lipinski definition) is 0. The van der Waals surface area contributed by atoms with Gasteiger partial charge in [-0.05, 0) is 18.6 Å². The van der Waals surface area contributed by atoms with E-state index in [1.165, 1.54) is 5.56 Å². The fourth-order valence-electron chi connectivity index (χ4n) is 1.31. The van der Waals surface area contributed by atoms with Gasteiger partial charge in [-0.25, -0.2) is 4.98 Å². The molecule has 2 aromatic rings. The number of nitrogens with zero attached hydrogens (tertiary/aromatic N) is 1. The van der Waals surface area contributed by atoms with Crippen LogP contribution in [0.4, 0.5) is 0 Å². The van der Waals surface area contributed by atoms with Crippen molar-refractivity contribution in [1.29, 1.82) is 0 Å². The molecule has 0 N–H and O–H groups in total. The molecule has 0 atom stereocenters. The predicted molar refractivity (Wildman–Crippen MR) is 66.2 cm³/mol. The number of benzene rings is 1. The second-order valence-corrected chi connectivity index (χ2v) is 3.82. The smallest absolute Gasteiger partial charge is 0.218 e. The van der Waals surface area contributed by atoms with E-state index in [4.69, 9.17) is 16.0 Å². The zero-order chi connectivity index (χ0) is 11.4. The first-order valence-corrected chi connectivity index (χ1v) is 5.56. The molecule has 0 bridgehead atoms. The Morgan fingerprint density at radius 1 is 1.25 bits per heavy atom. The SMILES string of the molecule is Cc1ccc(C=Cc2nc(CCl)co2)cc1. The molecule has 16 heavy (non-hydrogen) atoms. The second kappa shape index (κ2) is 4.99. The summed E-state index contributed by atoms with van der Waals surface area (Å²) in [6.45, 7) is 2.06. The van der Waals surface area contributed by atoms with Gasteiger partial charge in [-0.15, -0.1) is 11.6 Å². The number of halogens is 1. The van der Waals surface area contributed by atoms with Crippen LogP contribution in [0.5, 0.6) is 0 Å². The van der Waals surface area contributed by atoms with E-state index >= 15 is 0 Å². The summed E-state index contributed by atoms with van der Waals surface area (Å²) in [5, 5.41) is 0. The van der Waals surface area contributed by atoms with Gasteiger partial charge in [0.25, 0.3) is 0 Å². The maximum absolute atomic E-state index is 5.63. The van der Waals surface area contributed by atoms with Crippen molar-refractivity contribution in [1.82, 2.24) is 4.98 Å². The molecule has 0 aliphatic carbocycles. The summed E-state index contributed by atoms with van der Waals surface area (Å²) in [7, 11) is 0. The van der Waals surface area contributed by atoms with Crippen LogP contribution in [0, 0.1) is 6.92 Å². The van der Waals surface area contributed by atoms with Crippen LogP contribution in [-0.4, -0.2) is 4.98 Å². The number of aryl methyl sites for hydroxylation is 1. The molecule has 0 unspecified atom stereocenters. The first-order chi connectivity index (χ1) is 7.78. The van der Waals surface area contributed by atoms with E-state index in [-0.39, 0.29) is 0 Å². The number of hydrogen-bond acceptors (Lipinski definition) is 2. The van der Waals surface area contributed by atoms with Gasteiger partial charge >= 0.3 is 0 Å². The minimum absolute atomic E-state index is 0.377. The molecule has 0 spiro atoms. The van der Waals surface area contributed by atoms with E-state index in [0.717, 1.165) is 11.3 Å². The molecule has 0 saturated heterocycles. The molecule has 0 aliphatic heterocycles. The van der Waals surface area contributed by atoms with Crippen LogP contribution in [0.25, 0.3) is 12.2 Å². The molecule has 82 valence electrons. The van der Waals surface area contributed by atoms with Crippen molar-refractivity contribution in [2.75, 3.05) is 0 Å². The van der Waals surface area contributed by atoms with Gasteiger partial charge in [0.05, 0.1) is 11.6 Å². The largest absolute Gasteiger partial charge is 0.445 e. The minimum Gasteiger partial charge on any atom is -0.445 e. The lowest BCUT2D eigenvalue weighted by molar-refractivity contribution is 0.546. The van der Waals surface area contributed by atoms with Crippen molar-refractivity contribution in [2.24, 2.45) is 0 Å². The normalized spacial score (nSPS) is 11.1. The van der Waals surface area contributed by atoms with Crippen LogP contribution in [0.3, 0.4) is 0 Å². The number of aromatic nitrogens is 1. The molecular formula is C13H12ClNO. The first-order valence-electron chi connectivity index (χ1n) is 5.03. The highest BCUT2D eigenvalue weighted by Crippen LogP contribution is 2.10. The molecule has 1 aromatic heterocycles. The maximum Gasteiger partial charge on any atom is 0.218 e. The standard InChI is InChI=1S/C13H12ClNO/c1-10-2-4-11(5-3-10)6-7-13-15-12(8-14)9-16-13/h2-7,9H,8H2,1H3. The Morgan fingerprint density at radius 3 is 2.62 bits per heavy atom. The Labute approximate surface area is 99.6 Å². The van der Waals surface area contributed by atoms with Crippen molar-refractivity contribution in [3.05, 3.63) is 53.2 Å². The fourth-order valence-corrected chi connectivity index (χ4v) is 1.43. The van der Waals surface area contributed by atoms with Crippen LogP contribution in [0.15, 0.2) is 34.9 Å². The van der Waals surface area contributed by atoms with Crippen LogP contribution in [0.1, 0.15) is 22.7 Å².